The van der Waals surface area contributed by atoms with Crippen molar-refractivity contribution in [2.75, 3.05) is 20.1 Å². The van der Waals surface area contributed by atoms with Crippen LogP contribution in [0.2, 0.25) is 0 Å². The second-order valence-electron chi connectivity index (χ2n) is 7.92. The molecule has 1 unspecified atom stereocenters. The first kappa shape index (κ1) is 27.4. The number of guanidine groups is 1. The minimum Gasteiger partial charge on any atom is -0.444 e. The van der Waals surface area contributed by atoms with Gasteiger partial charge in [-0.1, -0.05) is 19.8 Å². The van der Waals surface area contributed by atoms with Gasteiger partial charge in [-0.3, -0.25) is 9.98 Å². The van der Waals surface area contributed by atoms with Crippen LogP contribution in [0.5, 0.6) is 0 Å². The second kappa shape index (κ2) is 14.4. The molecule has 1 aromatic rings. The van der Waals surface area contributed by atoms with Gasteiger partial charge < -0.3 is 20.7 Å². The van der Waals surface area contributed by atoms with E-state index < -0.39 is 11.7 Å². The molecule has 1 amide bonds. The Labute approximate surface area is 192 Å². The van der Waals surface area contributed by atoms with Crippen LogP contribution in [0.25, 0.3) is 0 Å². The maximum atomic E-state index is 11.9. The molecule has 0 aromatic carbocycles. The third-order valence-electron chi connectivity index (χ3n) is 4.19. The van der Waals surface area contributed by atoms with E-state index in [1.54, 1.807) is 7.05 Å². The normalized spacial score (nSPS) is 12.6. The predicted molar refractivity (Wildman–Crippen MR) is 130 cm³/mol. The number of ether oxygens (including phenoxy) is 1. The average molecular weight is 519 g/mol. The molecule has 0 fully saturated rings. The predicted octanol–water partition coefficient (Wildman–Crippen LogP) is 3.80. The van der Waals surface area contributed by atoms with Crippen molar-refractivity contribution in [2.24, 2.45) is 4.99 Å². The highest BCUT2D eigenvalue weighted by molar-refractivity contribution is 14.0. The van der Waals surface area contributed by atoms with E-state index in [4.69, 9.17) is 4.74 Å². The van der Waals surface area contributed by atoms with Crippen molar-refractivity contribution < 1.29 is 9.53 Å². The lowest BCUT2D eigenvalue weighted by molar-refractivity contribution is 0.0523. The summed E-state index contributed by atoms with van der Waals surface area (Å²) in [5.41, 5.74) is 1.96. The Bertz CT molecular complexity index is 632. The zero-order valence-electron chi connectivity index (χ0n) is 18.7. The van der Waals surface area contributed by atoms with Gasteiger partial charge in [-0.25, -0.2) is 4.79 Å². The number of carbonyl (C=O) groups is 1. The first-order chi connectivity index (χ1) is 13.2. The third kappa shape index (κ3) is 12.6. The van der Waals surface area contributed by atoms with Gasteiger partial charge in [0.05, 0.1) is 0 Å². The van der Waals surface area contributed by atoms with Crippen LogP contribution in [0.1, 0.15) is 58.1 Å². The number of pyridine rings is 1. The van der Waals surface area contributed by atoms with Gasteiger partial charge in [0, 0.05) is 38.6 Å². The maximum Gasteiger partial charge on any atom is 0.407 e. The molecule has 1 heterocycles. The molecule has 0 bridgehead atoms. The summed E-state index contributed by atoms with van der Waals surface area (Å²) in [4.78, 5) is 20.4. The molecule has 166 valence electrons. The number of unbranched alkanes of at least 4 members (excludes halogenated alkanes) is 1. The number of nitrogens with zero attached hydrogens (tertiary/aromatic N) is 2. The van der Waals surface area contributed by atoms with E-state index in [1.165, 1.54) is 11.1 Å². The molecule has 1 aromatic heterocycles. The summed E-state index contributed by atoms with van der Waals surface area (Å²) in [6, 6.07) is 2.13. The number of aryl methyl sites for hydroxylation is 1. The number of alkyl carbamates (subject to hydrolysis) is 1. The summed E-state index contributed by atoms with van der Waals surface area (Å²) >= 11 is 0. The van der Waals surface area contributed by atoms with Crippen molar-refractivity contribution in [1.29, 1.82) is 0 Å². The van der Waals surface area contributed by atoms with Crippen molar-refractivity contribution in [1.82, 2.24) is 20.9 Å². The van der Waals surface area contributed by atoms with E-state index in [1.807, 2.05) is 39.2 Å². The fourth-order valence-electron chi connectivity index (χ4n) is 2.68. The van der Waals surface area contributed by atoms with E-state index in [0.29, 0.717) is 6.54 Å². The van der Waals surface area contributed by atoms with Gasteiger partial charge in [0.1, 0.15) is 5.60 Å². The number of aromatic nitrogens is 1. The quantitative estimate of drug-likeness (QED) is 0.263. The Morgan fingerprint density at radius 3 is 2.62 bits per heavy atom. The Kier molecular flexibility index (Phi) is 13.6. The van der Waals surface area contributed by atoms with E-state index in [9.17, 15) is 4.79 Å². The number of aliphatic imine (C=N–C) groups is 1. The molecule has 0 radical (unpaired) electrons. The van der Waals surface area contributed by atoms with Gasteiger partial charge in [0.15, 0.2) is 5.96 Å². The lowest BCUT2D eigenvalue weighted by Crippen LogP contribution is -2.49. The van der Waals surface area contributed by atoms with Gasteiger partial charge in [-0.05, 0) is 57.7 Å². The van der Waals surface area contributed by atoms with Gasteiger partial charge >= 0.3 is 6.09 Å². The van der Waals surface area contributed by atoms with E-state index in [0.717, 1.165) is 38.2 Å². The van der Waals surface area contributed by atoms with Crippen LogP contribution in [-0.2, 0) is 11.2 Å². The van der Waals surface area contributed by atoms with Crippen LogP contribution in [0, 0.1) is 6.92 Å². The molecule has 1 atom stereocenters. The molecule has 1 rings (SSSR count). The standard InChI is InChI=1S/C21H37N5O2.HI/c1-7-8-9-18(15-25-20(27)28-21(3,4)5)26-19(22-6)24-13-11-17-10-12-23-14-16(17)2;/h10,12,14,18H,7-9,11,13,15H2,1-6H3,(H,25,27)(H2,22,24,26);1H. The summed E-state index contributed by atoms with van der Waals surface area (Å²) in [6.45, 7) is 11.0. The highest BCUT2D eigenvalue weighted by Gasteiger charge is 2.18. The fourth-order valence-corrected chi connectivity index (χ4v) is 2.68. The topological polar surface area (TPSA) is 87.6 Å². The van der Waals surface area contributed by atoms with E-state index >= 15 is 0 Å². The molecular weight excluding hydrogens is 481 g/mol. The highest BCUT2D eigenvalue weighted by atomic mass is 127. The molecule has 0 saturated carbocycles. The summed E-state index contributed by atoms with van der Waals surface area (Å²) in [5.74, 6) is 0.735. The Morgan fingerprint density at radius 1 is 1.31 bits per heavy atom. The average Bonchev–Trinajstić information content (AvgIpc) is 2.62. The molecule has 29 heavy (non-hydrogen) atoms. The third-order valence-corrected chi connectivity index (χ3v) is 4.19. The summed E-state index contributed by atoms with van der Waals surface area (Å²) in [7, 11) is 1.76. The molecule has 8 heteroatoms. The van der Waals surface area contributed by atoms with Crippen molar-refractivity contribution in [3.63, 3.8) is 0 Å². The molecule has 0 aliphatic heterocycles. The molecular formula is C21H38IN5O2. The first-order valence-corrected chi connectivity index (χ1v) is 10.1. The molecule has 0 aliphatic carbocycles. The van der Waals surface area contributed by atoms with Crippen molar-refractivity contribution in [3.8, 4) is 0 Å². The number of amides is 1. The largest absolute Gasteiger partial charge is 0.444 e. The lowest BCUT2D eigenvalue weighted by Gasteiger charge is -2.24. The minimum absolute atomic E-state index is 0. The van der Waals surface area contributed by atoms with Crippen LogP contribution < -0.4 is 16.0 Å². The summed E-state index contributed by atoms with van der Waals surface area (Å²) < 4.78 is 5.32. The number of carbonyl (C=O) groups excluding carboxylic acids is 1. The zero-order chi connectivity index (χ0) is 21.0. The minimum atomic E-state index is -0.501. The van der Waals surface area contributed by atoms with Crippen molar-refractivity contribution in [3.05, 3.63) is 29.6 Å². The Hall–Kier alpha value is -1.58. The number of rotatable bonds is 9. The molecule has 0 aliphatic rings. The SMILES string of the molecule is CCCCC(CNC(=O)OC(C)(C)C)NC(=NC)NCCc1ccncc1C.I. The lowest BCUT2D eigenvalue weighted by atomic mass is 10.1. The maximum absolute atomic E-state index is 11.9. The van der Waals surface area contributed by atoms with Gasteiger partial charge in [-0.2, -0.15) is 0 Å². The number of hydrogen-bond acceptors (Lipinski definition) is 4. The van der Waals surface area contributed by atoms with Crippen LogP contribution in [-0.4, -0.2) is 48.8 Å². The second-order valence-corrected chi connectivity index (χ2v) is 7.92. The molecule has 3 N–H and O–H groups in total. The van der Waals surface area contributed by atoms with Crippen LogP contribution in [0.3, 0.4) is 0 Å². The van der Waals surface area contributed by atoms with Crippen molar-refractivity contribution in [2.45, 2.75) is 71.9 Å². The van der Waals surface area contributed by atoms with Crippen LogP contribution in [0.4, 0.5) is 4.79 Å². The number of hydrogen-bond donors (Lipinski definition) is 3. The summed E-state index contributed by atoms with van der Waals surface area (Å²) in [5, 5.41) is 9.62. The molecule has 0 spiro atoms. The van der Waals surface area contributed by atoms with Gasteiger partial charge in [0.2, 0.25) is 0 Å². The zero-order valence-corrected chi connectivity index (χ0v) is 21.0. The summed E-state index contributed by atoms with van der Waals surface area (Å²) in [6.07, 6.45) is 7.30. The number of nitrogens with one attached hydrogen (secondary N) is 3. The number of halogens is 1. The Balaban J connectivity index is 0.00000784. The van der Waals surface area contributed by atoms with Gasteiger partial charge in [0.25, 0.3) is 0 Å². The smallest absolute Gasteiger partial charge is 0.407 e. The fraction of sp³-hybridized carbons (Fsp3) is 0.667. The van der Waals surface area contributed by atoms with Crippen LogP contribution >= 0.6 is 24.0 Å². The molecule has 7 nitrogen and oxygen atoms in total. The van der Waals surface area contributed by atoms with Crippen molar-refractivity contribution >= 4 is 36.0 Å². The van der Waals surface area contributed by atoms with Crippen LogP contribution in [0.15, 0.2) is 23.5 Å². The van der Waals surface area contributed by atoms with E-state index in [-0.39, 0.29) is 30.0 Å². The first-order valence-electron chi connectivity index (χ1n) is 10.1. The van der Waals surface area contributed by atoms with E-state index in [2.05, 4.69) is 39.8 Å². The monoisotopic (exact) mass is 519 g/mol. The Morgan fingerprint density at radius 2 is 2.03 bits per heavy atom. The molecule has 0 saturated heterocycles. The highest BCUT2D eigenvalue weighted by Crippen LogP contribution is 2.07. The van der Waals surface area contributed by atoms with Gasteiger partial charge in [-0.15, -0.1) is 24.0 Å².